The second-order valence-electron chi connectivity index (χ2n) is 5.42. The predicted molar refractivity (Wildman–Crippen MR) is 85.0 cm³/mol. The zero-order valence-electron chi connectivity index (χ0n) is 11.8. The first-order valence-electron chi connectivity index (χ1n) is 6.93. The van der Waals surface area contributed by atoms with E-state index in [1.165, 1.54) is 25.7 Å². The van der Waals surface area contributed by atoms with Gasteiger partial charge in [0, 0.05) is 11.7 Å². The maximum absolute atomic E-state index is 11.2. The zero-order valence-corrected chi connectivity index (χ0v) is 13.4. The van der Waals surface area contributed by atoms with Gasteiger partial charge in [-0.1, -0.05) is 31.4 Å². The summed E-state index contributed by atoms with van der Waals surface area (Å²) in [4.78, 5) is 0. The molecule has 2 N–H and O–H groups in total. The molecule has 0 heterocycles. The highest BCUT2D eigenvalue weighted by Crippen LogP contribution is 2.32. The Morgan fingerprint density at radius 2 is 2.10 bits per heavy atom. The van der Waals surface area contributed by atoms with Crippen molar-refractivity contribution in [2.75, 3.05) is 16.3 Å². The molecule has 0 amide bonds. The lowest BCUT2D eigenvalue weighted by atomic mass is 10.0. The smallest absolute Gasteiger partial charge is 0.229 e. The SMILES string of the molecule is CCC1CCCC1Nc1ccc(NS(C)(=O)=O)c(Cl)c1. The third-order valence-corrected chi connectivity index (χ3v) is 4.70. The number of benzene rings is 1. The Morgan fingerprint density at radius 1 is 1.35 bits per heavy atom. The molecule has 0 saturated heterocycles. The largest absolute Gasteiger partial charge is 0.382 e. The number of halogens is 1. The molecule has 4 nitrogen and oxygen atoms in total. The first kappa shape index (κ1) is 15.4. The zero-order chi connectivity index (χ0) is 14.8. The standard InChI is InChI=1S/C14H21ClN2O2S/c1-3-10-5-4-6-13(10)16-11-7-8-14(12(15)9-11)17-20(2,18)19/h7-10,13,16-17H,3-6H2,1-2H3. The van der Waals surface area contributed by atoms with Gasteiger partial charge in [0.1, 0.15) is 0 Å². The van der Waals surface area contributed by atoms with Crippen molar-refractivity contribution in [2.45, 2.75) is 38.6 Å². The second kappa shape index (κ2) is 6.22. The third-order valence-electron chi connectivity index (χ3n) is 3.80. The summed E-state index contributed by atoms with van der Waals surface area (Å²) in [5.41, 5.74) is 1.36. The molecule has 1 fully saturated rings. The minimum absolute atomic E-state index is 0.409. The molecule has 0 spiro atoms. The van der Waals surface area contributed by atoms with Crippen LogP contribution in [0.3, 0.4) is 0 Å². The van der Waals surface area contributed by atoms with Gasteiger partial charge < -0.3 is 5.32 Å². The van der Waals surface area contributed by atoms with Gasteiger partial charge in [-0.2, -0.15) is 0 Å². The highest BCUT2D eigenvalue weighted by atomic mass is 35.5. The molecule has 0 bridgehead atoms. The molecule has 6 heteroatoms. The summed E-state index contributed by atoms with van der Waals surface area (Å²) in [5.74, 6) is 0.711. The van der Waals surface area contributed by atoms with E-state index in [2.05, 4.69) is 17.0 Å². The van der Waals surface area contributed by atoms with Crippen LogP contribution in [0.2, 0.25) is 5.02 Å². The lowest BCUT2D eigenvalue weighted by molar-refractivity contribution is 0.489. The molecule has 20 heavy (non-hydrogen) atoms. The maximum atomic E-state index is 11.2. The monoisotopic (exact) mass is 316 g/mol. The van der Waals surface area contributed by atoms with Crippen molar-refractivity contribution in [1.82, 2.24) is 0 Å². The van der Waals surface area contributed by atoms with Gasteiger partial charge in [0.25, 0.3) is 0 Å². The van der Waals surface area contributed by atoms with Crippen LogP contribution in [0.5, 0.6) is 0 Å². The van der Waals surface area contributed by atoms with E-state index in [1.807, 2.05) is 6.07 Å². The summed E-state index contributed by atoms with van der Waals surface area (Å²) >= 11 is 6.12. The van der Waals surface area contributed by atoms with Gasteiger partial charge in [-0.3, -0.25) is 4.72 Å². The minimum Gasteiger partial charge on any atom is -0.382 e. The summed E-state index contributed by atoms with van der Waals surface area (Å²) in [7, 11) is -3.30. The van der Waals surface area contributed by atoms with Crippen LogP contribution in [0, 0.1) is 5.92 Å². The highest BCUT2D eigenvalue weighted by molar-refractivity contribution is 7.92. The molecule has 1 aromatic carbocycles. The fourth-order valence-electron chi connectivity index (χ4n) is 2.82. The van der Waals surface area contributed by atoms with Gasteiger partial charge in [-0.25, -0.2) is 8.42 Å². The van der Waals surface area contributed by atoms with Crippen molar-refractivity contribution in [2.24, 2.45) is 5.92 Å². The van der Waals surface area contributed by atoms with E-state index in [9.17, 15) is 8.42 Å². The van der Waals surface area contributed by atoms with Crippen LogP contribution in [0.15, 0.2) is 18.2 Å². The van der Waals surface area contributed by atoms with Crippen LogP contribution in [-0.4, -0.2) is 20.7 Å². The first-order chi connectivity index (χ1) is 9.39. The molecule has 112 valence electrons. The van der Waals surface area contributed by atoms with Crippen molar-refractivity contribution in [3.63, 3.8) is 0 Å². The molecule has 0 aromatic heterocycles. The van der Waals surface area contributed by atoms with E-state index in [0.717, 1.165) is 11.9 Å². The average Bonchev–Trinajstić information content (AvgIpc) is 2.78. The molecule has 0 radical (unpaired) electrons. The van der Waals surface area contributed by atoms with Crippen molar-refractivity contribution >= 4 is 33.0 Å². The van der Waals surface area contributed by atoms with Crippen LogP contribution in [0.25, 0.3) is 0 Å². The fourth-order valence-corrected chi connectivity index (χ4v) is 3.68. The quantitative estimate of drug-likeness (QED) is 0.870. The Kier molecular flexibility index (Phi) is 4.81. The van der Waals surface area contributed by atoms with E-state index < -0.39 is 10.0 Å². The fraction of sp³-hybridized carbons (Fsp3) is 0.571. The van der Waals surface area contributed by atoms with Gasteiger partial charge in [0.2, 0.25) is 10.0 Å². The predicted octanol–water partition coefficient (Wildman–Crippen LogP) is 3.70. The highest BCUT2D eigenvalue weighted by Gasteiger charge is 2.25. The summed E-state index contributed by atoms with van der Waals surface area (Å²) in [5, 5.41) is 3.92. The Morgan fingerprint density at radius 3 is 2.70 bits per heavy atom. The molecule has 0 aliphatic heterocycles. The molecular formula is C14H21ClN2O2S. The molecule has 2 unspecified atom stereocenters. The number of hydrogen-bond acceptors (Lipinski definition) is 3. The van der Waals surface area contributed by atoms with Gasteiger partial charge in [0.05, 0.1) is 17.0 Å². The Bertz CT molecular complexity index is 575. The van der Waals surface area contributed by atoms with Crippen molar-refractivity contribution in [3.8, 4) is 0 Å². The topological polar surface area (TPSA) is 58.2 Å². The van der Waals surface area contributed by atoms with E-state index >= 15 is 0 Å². The van der Waals surface area contributed by atoms with E-state index in [0.29, 0.717) is 22.7 Å². The van der Waals surface area contributed by atoms with Crippen LogP contribution in [0.4, 0.5) is 11.4 Å². The molecular weight excluding hydrogens is 296 g/mol. The summed E-state index contributed by atoms with van der Waals surface area (Å²) in [6, 6.07) is 5.83. The molecule has 2 atom stereocenters. The van der Waals surface area contributed by atoms with Gasteiger partial charge in [-0.15, -0.1) is 0 Å². The first-order valence-corrected chi connectivity index (χ1v) is 9.20. The van der Waals surface area contributed by atoms with E-state index in [1.54, 1.807) is 12.1 Å². The van der Waals surface area contributed by atoms with E-state index in [4.69, 9.17) is 11.6 Å². The number of anilines is 2. The van der Waals surface area contributed by atoms with Crippen molar-refractivity contribution < 1.29 is 8.42 Å². The minimum atomic E-state index is -3.30. The van der Waals surface area contributed by atoms with Crippen LogP contribution in [0.1, 0.15) is 32.6 Å². The van der Waals surface area contributed by atoms with Gasteiger partial charge >= 0.3 is 0 Å². The number of hydrogen-bond donors (Lipinski definition) is 2. The van der Waals surface area contributed by atoms with Gasteiger partial charge in [-0.05, 0) is 37.0 Å². The van der Waals surface area contributed by atoms with Crippen LogP contribution in [-0.2, 0) is 10.0 Å². The third kappa shape index (κ3) is 4.03. The van der Waals surface area contributed by atoms with Gasteiger partial charge in [0.15, 0.2) is 0 Å². The van der Waals surface area contributed by atoms with Crippen molar-refractivity contribution in [3.05, 3.63) is 23.2 Å². The normalized spacial score (nSPS) is 22.8. The van der Waals surface area contributed by atoms with Crippen LogP contribution < -0.4 is 10.0 Å². The number of sulfonamides is 1. The Balaban J connectivity index is 2.09. The summed E-state index contributed by atoms with van der Waals surface area (Å²) < 4.78 is 24.8. The Labute approximate surface area is 126 Å². The molecule has 1 aromatic rings. The second-order valence-corrected chi connectivity index (χ2v) is 7.57. The summed E-state index contributed by atoms with van der Waals surface area (Å²) in [6.07, 6.45) is 6.01. The Hall–Kier alpha value is -0.940. The molecule has 1 aliphatic carbocycles. The lowest BCUT2D eigenvalue weighted by Gasteiger charge is -2.21. The van der Waals surface area contributed by atoms with E-state index in [-0.39, 0.29) is 0 Å². The average molecular weight is 317 g/mol. The molecule has 1 saturated carbocycles. The lowest BCUT2D eigenvalue weighted by Crippen LogP contribution is -2.23. The number of rotatable bonds is 5. The van der Waals surface area contributed by atoms with Crippen LogP contribution >= 0.6 is 11.6 Å². The number of nitrogens with one attached hydrogen (secondary N) is 2. The van der Waals surface area contributed by atoms with Crippen molar-refractivity contribution in [1.29, 1.82) is 0 Å². The maximum Gasteiger partial charge on any atom is 0.229 e. The summed E-state index contributed by atoms with van der Waals surface area (Å²) in [6.45, 7) is 2.22. The molecule has 1 aliphatic rings. The molecule has 2 rings (SSSR count).